The van der Waals surface area contributed by atoms with E-state index < -0.39 is 144 Å². The minimum absolute atomic E-state index is 0.0258. The van der Waals surface area contributed by atoms with Gasteiger partial charge in [0.05, 0.1) is 6.20 Å². The molecular weight excluding hydrogens is 967 g/mol. The van der Waals surface area contributed by atoms with Crippen molar-refractivity contribution in [3.63, 3.8) is 0 Å². The van der Waals surface area contributed by atoms with Gasteiger partial charge in [0.1, 0.15) is 52.7 Å². The summed E-state index contributed by atoms with van der Waals surface area (Å²) in [5, 5.41) is 0. The SMILES string of the molecule is Fc1c(F)c(F)c([B-](c2c(F)c(F)c(F)c(F)c2F)(c2c(F)c(F)c(F)c(F)c2F)c2c(F)c(F)c(F)c(F)c2F)c(F)c1F.O=C(C[n+]1ccnc(C(=O)C2CCCCC2)c1)c1ccccc1. The maximum Gasteiger partial charge on any atom is 0.227 e. The van der Waals surface area contributed by atoms with Crippen LogP contribution < -0.4 is 26.4 Å². The average molecular weight is 988 g/mol. The molecule has 0 unspecified atom stereocenters. The van der Waals surface area contributed by atoms with Crippen molar-refractivity contribution in [2.75, 3.05) is 0 Å². The zero-order chi connectivity index (χ0) is 50.4. The van der Waals surface area contributed by atoms with Gasteiger partial charge in [0.15, 0.2) is 93.7 Å². The van der Waals surface area contributed by atoms with E-state index in [9.17, 15) is 62.3 Å². The number of benzene rings is 5. The third kappa shape index (κ3) is 8.32. The molecule has 1 fully saturated rings. The third-order valence-corrected chi connectivity index (χ3v) is 11.1. The number of halogens is 20. The lowest BCUT2D eigenvalue weighted by atomic mass is 9.12. The van der Waals surface area contributed by atoms with Crippen molar-refractivity contribution in [1.29, 1.82) is 0 Å². The van der Waals surface area contributed by atoms with Crippen LogP contribution in [-0.4, -0.2) is 22.7 Å². The summed E-state index contributed by atoms with van der Waals surface area (Å²) in [4.78, 5) is 29.0. The molecule has 1 aliphatic carbocycles. The molecule has 5 aromatic carbocycles. The monoisotopic (exact) mass is 988 g/mol. The van der Waals surface area contributed by atoms with Gasteiger partial charge in [-0.25, -0.2) is 92.8 Å². The Morgan fingerprint density at radius 3 is 1.09 bits per heavy atom. The van der Waals surface area contributed by atoms with Gasteiger partial charge in [-0.15, -0.1) is 21.9 Å². The largest absolute Gasteiger partial charge is 0.292 e. The number of hydrogen-bond acceptors (Lipinski definition) is 3. The quantitative estimate of drug-likeness (QED) is 0.0364. The fraction of sp³-hybridized carbons (Fsp3) is 0.163. The summed E-state index contributed by atoms with van der Waals surface area (Å²) < 4.78 is 296. The van der Waals surface area contributed by atoms with E-state index in [0.717, 1.165) is 25.7 Å². The van der Waals surface area contributed by atoms with Gasteiger partial charge < -0.3 is 0 Å². The Bertz CT molecular complexity index is 2640. The predicted octanol–water partition coefficient (Wildman–Crippen LogP) is 8.86. The molecule has 0 spiro atoms. The molecule has 1 aromatic heterocycles. The van der Waals surface area contributed by atoms with Crippen molar-refractivity contribution in [2.45, 2.75) is 38.6 Å². The first kappa shape index (κ1) is 50.6. The lowest BCUT2D eigenvalue weighted by Crippen LogP contribution is -2.81. The van der Waals surface area contributed by atoms with Crippen molar-refractivity contribution in [2.24, 2.45) is 5.92 Å². The average Bonchev–Trinajstić information content (AvgIpc) is 3.34. The Labute approximate surface area is 367 Å². The van der Waals surface area contributed by atoms with Crippen LogP contribution in [0.5, 0.6) is 0 Å². The van der Waals surface area contributed by atoms with Crippen LogP contribution in [0.15, 0.2) is 48.9 Å². The predicted molar refractivity (Wildman–Crippen MR) is 195 cm³/mol. The molecule has 1 heterocycles. The number of carbonyl (C=O) groups is 2. The number of Topliss-reactive ketones (excluding diaryl/α,β-unsaturated/α-hetero) is 2. The molecule has 0 atom stereocenters. The van der Waals surface area contributed by atoms with Crippen molar-refractivity contribution >= 4 is 39.6 Å². The van der Waals surface area contributed by atoms with Crippen LogP contribution in [0.1, 0.15) is 53.0 Å². The summed E-state index contributed by atoms with van der Waals surface area (Å²) in [6.45, 7) is 0.220. The molecule has 68 heavy (non-hydrogen) atoms. The smallest absolute Gasteiger partial charge is 0.227 e. The van der Waals surface area contributed by atoms with Crippen LogP contribution in [-0.2, 0) is 6.54 Å². The van der Waals surface area contributed by atoms with Crippen LogP contribution >= 0.6 is 0 Å². The summed E-state index contributed by atoms with van der Waals surface area (Å²) >= 11 is 0. The summed E-state index contributed by atoms with van der Waals surface area (Å²) in [6.07, 6.45) is 3.20. The molecule has 1 saturated carbocycles. The van der Waals surface area contributed by atoms with E-state index in [1.807, 2.05) is 18.2 Å². The second kappa shape index (κ2) is 19.4. The molecule has 358 valence electrons. The lowest BCUT2D eigenvalue weighted by molar-refractivity contribution is -0.683. The van der Waals surface area contributed by atoms with Gasteiger partial charge in [0, 0.05) is 11.5 Å². The van der Waals surface area contributed by atoms with Gasteiger partial charge in [-0.2, -0.15) is 4.57 Å². The number of rotatable bonds is 9. The van der Waals surface area contributed by atoms with Gasteiger partial charge in [0.2, 0.25) is 12.3 Å². The highest BCUT2D eigenvalue weighted by Crippen LogP contribution is 2.31. The molecule has 1 aliphatic rings. The first-order chi connectivity index (χ1) is 31.9. The fourth-order valence-corrected chi connectivity index (χ4v) is 7.99. The van der Waals surface area contributed by atoms with E-state index in [0.29, 0.717) is 11.3 Å². The standard InChI is InChI=1S/C24BF20.C19H21N2O2/c26-5-1(6(27)14(35)21(42)13(5)34)25(2-7(28)15(36)22(43)16(37)8(2)29,3-9(30)17(38)23(44)18(39)10(3)31)4-11(32)19(40)24(45)20(41)12(4)33;22-18(15-7-3-1-4-8-15)14-21-12-11-20-17(13-21)19(23)16-9-5-2-6-10-16/h;1,3-4,7-8,11-13,16H,2,5-6,9-10,14H2/q-1;+1. The Balaban J connectivity index is 0.000000276. The second-order valence-electron chi connectivity index (χ2n) is 14.9. The summed E-state index contributed by atoms with van der Waals surface area (Å²) in [6, 6.07) is 9.19. The van der Waals surface area contributed by atoms with Crippen LogP contribution in [0.2, 0.25) is 0 Å². The first-order valence-corrected chi connectivity index (χ1v) is 19.1. The highest BCUT2D eigenvalue weighted by molar-refractivity contribution is 7.20. The fourth-order valence-electron chi connectivity index (χ4n) is 7.99. The molecule has 7 rings (SSSR count). The highest BCUT2D eigenvalue weighted by Gasteiger charge is 2.52. The maximum atomic E-state index is 15.4. The Kier molecular flexibility index (Phi) is 14.5. The Morgan fingerprint density at radius 1 is 0.456 bits per heavy atom. The molecule has 0 N–H and O–H groups in total. The van der Waals surface area contributed by atoms with E-state index in [2.05, 4.69) is 4.98 Å². The minimum atomic E-state index is -7.22. The summed E-state index contributed by atoms with van der Waals surface area (Å²) in [7, 11) is 0. The summed E-state index contributed by atoms with van der Waals surface area (Å²) in [5.74, 6) is -71.2. The van der Waals surface area contributed by atoms with Crippen molar-refractivity contribution in [1.82, 2.24) is 4.98 Å². The molecule has 6 aromatic rings. The summed E-state index contributed by atoms with van der Waals surface area (Å²) in [5.41, 5.74) is -13.2. The van der Waals surface area contributed by atoms with E-state index >= 15 is 35.1 Å². The number of ketones is 2. The Hall–Kier alpha value is -6.82. The topological polar surface area (TPSA) is 50.9 Å². The van der Waals surface area contributed by atoms with Crippen LogP contribution in [0, 0.1) is 122 Å². The normalized spacial score (nSPS) is 13.1. The highest BCUT2D eigenvalue weighted by atomic mass is 19.2. The Morgan fingerprint density at radius 2 is 0.765 bits per heavy atom. The van der Waals surface area contributed by atoms with Gasteiger partial charge in [-0.3, -0.25) is 9.59 Å². The molecule has 0 saturated heterocycles. The van der Waals surface area contributed by atoms with Gasteiger partial charge >= 0.3 is 0 Å². The molecule has 0 aliphatic heterocycles. The van der Waals surface area contributed by atoms with Gasteiger partial charge in [-0.05, 0) is 12.8 Å². The molecule has 4 nitrogen and oxygen atoms in total. The van der Waals surface area contributed by atoms with Crippen molar-refractivity contribution < 1.29 is 102 Å². The van der Waals surface area contributed by atoms with Crippen molar-refractivity contribution in [3.8, 4) is 0 Å². The molecular formula is C43H21BF20N2O2. The molecule has 25 heteroatoms. The van der Waals surface area contributed by atoms with Crippen LogP contribution in [0.25, 0.3) is 0 Å². The zero-order valence-corrected chi connectivity index (χ0v) is 33.3. The van der Waals surface area contributed by atoms with E-state index in [1.54, 1.807) is 35.3 Å². The van der Waals surface area contributed by atoms with E-state index in [1.165, 1.54) is 6.42 Å². The third-order valence-electron chi connectivity index (χ3n) is 11.1. The first-order valence-electron chi connectivity index (χ1n) is 19.1. The number of aromatic nitrogens is 2. The van der Waals surface area contributed by atoms with Crippen LogP contribution in [0.3, 0.4) is 0 Å². The van der Waals surface area contributed by atoms with Gasteiger partial charge in [-0.1, -0.05) is 49.6 Å². The molecule has 0 bridgehead atoms. The van der Waals surface area contributed by atoms with E-state index in [4.69, 9.17) is 0 Å². The molecule has 0 radical (unpaired) electrons. The number of carbonyl (C=O) groups excluding carboxylic acids is 2. The second-order valence-corrected chi connectivity index (χ2v) is 14.9. The number of nitrogens with zero attached hydrogens (tertiary/aromatic N) is 2. The van der Waals surface area contributed by atoms with Crippen molar-refractivity contribution in [3.05, 3.63) is 177 Å². The number of hydrogen-bond donors (Lipinski definition) is 0. The molecule has 0 amide bonds. The zero-order valence-electron chi connectivity index (χ0n) is 33.3. The lowest BCUT2D eigenvalue weighted by Gasteiger charge is -2.44. The van der Waals surface area contributed by atoms with Gasteiger partial charge in [0.25, 0.3) is 0 Å². The van der Waals surface area contributed by atoms with E-state index in [-0.39, 0.29) is 24.0 Å². The minimum Gasteiger partial charge on any atom is -0.292 e. The maximum absolute atomic E-state index is 15.4. The van der Waals surface area contributed by atoms with Crippen LogP contribution in [0.4, 0.5) is 87.8 Å².